The summed E-state index contributed by atoms with van der Waals surface area (Å²) in [5, 5.41) is 9.80. The molecule has 0 aliphatic rings. The molecule has 0 fully saturated rings. The minimum absolute atomic E-state index is 0.136. The van der Waals surface area contributed by atoms with E-state index in [0.717, 1.165) is 5.56 Å². The first-order valence-electron chi connectivity index (χ1n) is 4.91. The maximum Gasteiger partial charge on any atom is 0.309 e. The monoisotopic (exact) mass is 218 g/mol. The van der Waals surface area contributed by atoms with E-state index in [1.54, 1.807) is 0 Å². The minimum atomic E-state index is -1.36. The van der Waals surface area contributed by atoms with Gasteiger partial charge in [-0.3, -0.25) is 4.79 Å². The van der Waals surface area contributed by atoms with Crippen molar-refractivity contribution in [2.45, 2.75) is 18.9 Å². The van der Waals surface area contributed by atoms with Crippen molar-refractivity contribution in [3.05, 3.63) is 35.9 Å². The molecular formula is C13H14O3. The fourth-order valence-corrected chi connectivity index (χ4v) is 1.13. The summed E-state index contributed by atoms with van der Waals surface area (Å²) in [6.07, 6.45) is -0.136. The third-order valence-corrected chi connectivity index (χ3v) is 1.97. The first-order chi connectivity index (χ1) is 7.53. The first-order valence-corrected chi connectivity index (χ1v) is 4.91. The van der Waals surface area contributed by atoms with Gasteiger partial charge in [-0.05, 0) is 19.1 Å². The summed E-state index contributed by atoms with van der Waals surface area (Å²) in [4.78, 5) is 11.0. The van der Waals surface area contributed by atoms with Crippen LogP contribution in [0.3, 0.4) is 0 Å². The van der Waals surface area contributed by atoms with Gasteiger partial charge in [-0.2, -0.15) is 0 Å². The van der Waals surface area contributed by atoms with Crippen LogP contribution in [0.4, 0.5) is 0 Å². The molecule has 1 aromatic rings. The molecule has 0 aromatic heterocycles. The molecule has 0 aliphatic heterocycles. The number of benzene rings is 1. The van der Waals surface area contributed by atoms with E-state index in [9.17, 15) is 9.90 Å². The number of rotatable bonds is 2. The second-order valence-corrected chi connectivity index (χ2v) is 3.64. The Labute approximate surface area is 95.1 Å². The van der Waals surface area contributed by atoms with Gasteiger partial charge < -0.3 is 9.84 Å². The van der Waals surface area contributed by atoms with Gasteiger partial charge in [-0.1, -0.05) is 30.0 Å². The summed E-state index contributed by atoms with van der Waals surface area (Å²) in [5.41, 5.74) is -0.559. The number of hydrogen-bond acceptors (Lipinski definition) is 3. The number of hydrogen-bond donors (Lipinski definition) is 1. The van der Waals surface area contributed by atoms with E-state index in [-0.39, 0.29) is 6.42 Å². The van der Waals surface area contributed by atoms with Crippen LogP contribution < -0.4 is 0 Å². The van der Waals surface area contributed by atoms with E-state index in [0.29, 0.717) is 0 Å². The van der Waals surface area contributed by atoms with Gasteiger partial charge in [0.05, 0.1) is 13.5 Å². The molecule has 0 spiro atoms. The lowest BCUT2D eigenvalue weighted by atomic mass is 10.0. The molecule has 3 nitrogen and oxygen atoms in total. The van der Waals surface area contributed by atoms with Gasteiger partial charge in [0.25, 0.3) is 0 Å². The highest BCUT2D eigenvalue weighted by Crippen LogP contribution is 2.09. The van der Waals surface area contributed by atoms with Crippen LogP contribution in [0.2, 0.25) is 0 Å². The van der Waals surface area contributed by atoms with Crippen LogP contribution in [0.5, 0.6) is 0 Å². The number of methoxy groups -OCH3 is 1. The fraction of sp³-hybridized carbons (Fsp3) is 0.308. The largest absolute Gasteiger partial charge is 0.469 e. The Hall–Kier alpha value is -1.79. The predicted octanol–water partition coefficient (Wildman–Crippen LogP) is 1.35. The third kappa shape index (κ3) is 4.16. The SMILES string of the molecule is COC(=O)CC(C)(O)C#Cc1ccccc1. The summed E-state index contributed by atoms with van der Waals surface area (Å²) in [6.45, 7) is 1.49. The van der Waals surface area contributed by atoms with E-state index >= 15 is 0 Å². The highest BCUT2D eigenvalue weighted by molar-refractivity contribution is 5.71. The highest BCUT2D eigenvalue weighted by atomic mass is 16.5. The zero-order valence-electron chi connectivity index (χ0n) is 9.36. The predicted molar refractivity (Wildman–Crippen MR) is 60.6 cm³/mol. The average molecular weight is 218 g/mol. The van der Waals surface area contributed by atoms with Crippen LogP contribution in [-0.2, 0) is 9.53 Å². The lowest BCUT2D eigenvalue weighted by Gasteiger charge is -2.13. The van der Waals surface area contributed by atoms with E-state index in [4.69, 9.17) is 0 Å². The maximum atomic E-state index is 11.0. The zero-order valence-corrected chi connectivity index (χ0v) is 9.36. The van der Waals surface area contributed by atoms with Crippen LogP contribution in [0.25, 0.3) is 0 Å². The molecule has 0 saturated carbocycles. The molecule has 0 aliphatic carbocycles. The summed E-state index contributed by atoms with van der Waals surface area (Å²) in [6, 6.07) is 9.28. The Morgan fingerprint density at radius 3 is 2.62 bits per heavy atom. The van der Waals surface area contributed by atoms with Crippen LogP contribution in [0, 0.1) is 11.8 Å². The summed E-state index contributed by atoms with van der Waals surface area (Å²) >= 11 is 0. The van der Waals surface area contributed by atoms with Gasteiger partial charge in [-0.15, -0.1) is 0 Å². The molecule has 0 radical (unpaired) electrons. The van der Waals surface area contributed by atoms with Gasteiger partial charge in [-0.25, -0.2) is 0 Å². The molecule has 1 N–H and O–H groups in total. The van der Waals surface area contributed by atoms with Crippen LogP contribution in [0.15, 0.2) is 30.3 Å². The van der Waals surface area contributed by atoms with Crippen LogP contribution >= 0.6 is 0 Å². The molecule has 1 aromatic carbocycles. The number of carbonyl (C=O) groups excluding carboxylic acids is 1. The fourth-order valence-electron chi connectivity index (χ4n) is 1.13. The van der Waals surface area contributed by atoms with Gasteiger partial charge in [0.1, 0.15) is 5.60 Å². The Balaban J connectivity index is 2.73. The van der Waals surface area contributed by atoms with Crippen molar-refractivity contribution in [1.29, 1.82) is 0 Å². The van der Waals surface area contributed by atoms with E-state index in [1.807, 2.05) is 30.3 Å². The quantitative estimate of drug-likeness (QED) is 0.602. The summed E-state index contributed by atoms with van der Waals surface area (Å²) in [5.74, 6) is 4.97. The lowest BCUT2D eigenvalue weighted by Crippen LogP contribution is -2.26. The third-order valence-electron chi connectivity index (χ3n) is 1.97. The van der Waals surface area contributed by atoms with E-state index in [2.05, 4.69) is 16.6 Å². The molecule has 0 heterocycles. The lowest BCUT2D eigenvalue weighted by molar-refractivity contribution is -0.143. The van der Waals surface area contributed by atoms with Gasteiger partial charge in [0.2, 0.25) is 0 Å². The highest BCUT2D eigenvalue weighted by Gasteiger charge is 2.21. The van der Waals surface area contributed by atoms with Gasteiger partial charge in [0.15, 0.2) is 0 Å². The Bertz CT molecular complexity index is 410. The summed E-state index contributed by atoms with van der Waals surface area (Å²) in [7, 11) is 1.28. The maximum absolute atomic E-state index is 11.0. The number of esters is 1. The minimum Gasteiger partial charge on any atom is -0.469 e. The topological polar surface area (TPSA) is 46.5 Å². The molecule has 0 amide bonds. The van der Waals surface area contributed by atoms with Crippen molar-refractivity contribution < 1.29 is 14.6 Å². The molecule has 84 valence electrons. The normalized spacial score (nSPS) is 13.2. The van der Waals surface area contributed by atoms with Crippen LogP contribution in [-0.4, -0.2) is 23.8 Å². The number of ether oxygens (including phenoxy) is 1. The van der Waals surface area contributed by atoms with Gasteiger partial charge >= 0.3 is 5.97 Å². The first kappa shape index (κ1) is 12.3. The standard InChI is InChI=1S/C13H14O3/c1-13(15,10-12(14)16-2)9-8-11-6-4-3-5-7-11/h3-7,15H,10H2,1-2H3. The van der Waals surface area contributed by atoms with Crippen molar-refractivity contribution in [1.82, 2.24) is 0 Å². The number of carbonyl (C=O) groups is 1. The van der Waals surface area contributed by atoms with Crippen molar-refractivity contribution in [3.8, 4) is 11.8 Å². The molecular weight excluding hydrogens is 204 g/mol. The number of aliphatic hydroxyl groups is 1. The average Bonchev–Trinajstić information content (AvgIpc) is 2.27. The van der Waals surface area contributed by atoms with Crippen molar-refractivity contribution in [2.24, 2.45) is 0 Å². The molecule has 16 heavy (non-hydrogen) atoms. The smallest absolute Gasteiger partial charge is 0.309 e. The molecule has 1 rings (SSSR count). The van der Waals surface area contributed by atoms with Crippen molar-refractivity contribution >= 4 is 5.97 Å². The molecule has 0 saturated heterocycles. The summed E-state index contributed by atoms with van der Waals surface area (Å²) < 4.78 is 4.47. The van der Waals surface area contributed by atoms with E-state index < -0.39 is 11.6 Å². The Morgan fingerprint density at radius 2 is 2.06 bits per heavy atom. The van der Waals surface area contributed by atoms with Crippen molar-refractivity contribution in [3.63, 3.8) is 0 Å². The molecule has 0 bridgehead atoms. The molecule has 3 heteroatoms. The van der Waals surface area contributed by atoms with Gasteiger partial charge in [0, 0.05) is 5.56 Å². The van der Waals surface area contributed by atoms with Crippen LogP contribution in [0.1, 0.15) is 18.9 Å². The Kier molecular flexibility index (Phi) is 4.10. The molecule has 1 unspecified atom stereocenters. The van der Waals surface area contributed by atoms with E-state index in [1.165, 1.54) is 14.0 Å². The Morgan fingerprint density at radius 1 is 1.44 bits per heavy atom. The zero-order chi connectivity index (χ0) is 12.0. The molecule has 1 atom stereocenters. The second kappa shape index (κ2) is 5.34. The van der Waals surface area contributed by atoms with Crippen molar-refractivity contribution in [2.75, 3.05) is 7.11 Å². The second-order valence-electron chi connectivity index (χ2n) is 3.64.